The standard InChI is InChI=1S/C12H14N2O5/c1-2-18-9-5-3-8(4-6-9)11(16)19-7-10(15)14-12(13)17/h3-6H,2,7H2,1H3,(H3,13,14,15,17). The first kappa shape index (κ1) is 14.5. The number of ether oxygens (including phenoxy) is 2. The summed E-state index contributed by atoms with van der Waals surface area (Å²) >= 11 is 0. The molecule has 0 unspecified atom stereocenters. The average Bonchev–Trinajstić information content (AvgIpc) is 2.36. The predicted molar refractivity (Wildman–Crippen MR) is 65.6 cm³/mol. The highest BCUT2D eigenvalue weighted by atomic mass is 16.5. The zero-order chi connectivity index (χ0) is 14.3. The zero-order valence-corrected chi connectivity index (χ0v) is 10.3. The van der Waals surface area contributed by atoms with Crippen molar-refractivity contribution in [2.75, 3.05) is 13.2 Å². The molecular formula is C12H14N2O5. The van der Waals surface area contributed by atoms with Crippen molar-refractivity contribution in [1.82, 2.24) is 5.32 Å². The molecule has 0 aliphatic carbocycles. The largest absolute Gasteiger partial charge is 0.494 e. The third kappa shape index (κ3) is 5.07. The number of carbonyl (C=O) groups is 3. The summed E-state index contributed by atoms with van der Waals surface area (Å²) in [6.07, 6.45) is 0. The first-order chi connectivity index (χ1) is 9.02. The van der Waals surface area contributed by atoms with Gasteiger partial charge in [0.05, 0.1) is 12.2 Å². The summed E-state index contributed by atoms with van der Waals surface area (Å²) in [6.45, 7) is 1.80. The third-order valence-electron chi connectivity index (χ3n) is 2.00. The monoisotopic (exact) mass is 266 g/mol. The van der Waals surface area contributed by atoms with Crippen LogP contribution in [-0.4, -0.2) is 31.1 Å². The van der Waals surface area contributed by atoms with E-state index >= 15 is 0 Å². The highest BCUT2D eigenvalue weighted by molar-refractivity contribution is 5.96. The first-order valence-corrected chi connectivity index (χ1v) is 5.52. The minimum absolute atomic E-state index is 0.273. The Balaban J connectivity index is 2.49. The molecule has 0 bridgehead atoms. The molecule has 0 heterocycles. The Bertz CT molecular complexity index is 470. The van der Waals surface area contributed by atoms with Crippen LogP contribution in [0.5, 0.6) is 5.75 Å². The van der Waals surface area contributed by atoms with Gasteiger partial charge in [-0.15, -0.1) is 0 Å². The summed E-state index contributed by atoms with van der Waals surface area (Å²) in [7, 11) is 0. The van der Waals surface area contributed by atoms with E-state index in [1.807, 2.05) is 6.92 Å². The maximum atomic E-state index is 11.5. The Hall–Kier alpha value is -2.57. The van der Waals surface area contributed by atoms with E-state index in [9.17, 15) is 14.4 Å². The van der Waals surface area contributed by atoms with Crippen molar-refractivity contribution in [2.24, 2.45) is 5.73 Å². The summed E-state index contributed by atoms with van der Waals surface area (Å²) in [5.74, 6) is -0.833. The van der Waals surface area contributed by atoms with E-state index in [1.54, 1.807) is 17.4 Å². The molecule has 0 radical (unpaired) electrons. The number of carbonyl (C=O) groups excluding carboxylic acids is 3. The Morgan fingerprint density at radius 1 is 1.21 bits per heavy atom. The van der Waals surface area contributed by atoms with Crippen LogP contribution < -0.4 is 15.8 Å². The molecule has 1 rings (SSSR count). The number of hydrogen-bond donors (Lipinski definition) is 2. The maximum Gasteiger partial charge on any atom is 0.338 e. The molecular weight excluding hydrogens is 252 g/mol. The van der Waals surface area contributed by atoms with Crippen LogP contribution in [0, 0.1) is 0 Å². The van der Waals surface area contributed by atoms with Crippen LogP contribution in [-0.2, 0) is 9.53 Å². The second-order valence-electron chi connectivity index (χ2n) is 3.45. The zero-order valence-electron chi connectivity index (χ0n) is 10.3. The number of primary amides is 1. The SMILES string of the molecule is CCOc1ccc(C(=O)OCC(=O)NC(N)=O)cc1. The topological polar surface area (TPSA) is 108 Å². The van der Waals surface area contributed by atoms with Crippen LogP contribution in [0.2, 0.25) is 0 Å². The van der Waals surface area contributed by atoms with Crippen molar-refractivity contribution < 1.29 is 23.9 Å². The van der Waals surface area contributed by atoms with Gasteiger partial charge in [-0.3, -0.25) is 10.1 Å². The molecule has 7 nitrogen and oxygen atoms in total. The molecule has 0 aliphatic rings. The molecule has 0 aromatic heterocycles. The Kier molecular flexibility index (Phi) is 5.34. The van der Waals surface area contributed by atoms with Gasteiger partial charge in [0.25, 0.3) is 5.91 Å². The van der Waals surface area contributed by atoms with E-state index < -0.39 is 24.5 Å². The van der Waals surface area contributed by atoms with Gasteiger partial charge in [-0.1, -0.05) is 0 Å². The second kappa shape index (κ2) is 7.00. The van der Waals surface area contributed by atoms with E-state index in [0.717, 1.165) is 0 Å². The van der Waals surface area contributed by atoms with Gasteiger partial charge < -0.3 is 15.2 Å². The Morgan fingerprint density at radius 2 is 1.84 bits per heavy atom. The van der Waals surface area contributed by atoms with E-state index in [0.29, 0.717) is 12.4 Å². The first-order valence-electron chi connectivity index (χ1n) is 5.52. The van der Waals surface area contributed by atoms with Crippen molar-refractivity contribution >= 4 is 17.9 Å². The third-order valence-corrected chi connectivity index (χ3v) is 2.00. The van der Waals surface area contributed by atoms with Gasteiger partial charge in [0, 0.05) is 0 Å². The van der Waals surface area contributed by atoms with Crippen LogP contribution in [0.3, 0.4) is 0 Å². The molecule has 0 fully saturated rings. The van der Waals surface area contributed by atoms with Crippen LogP contribution in [0.15, 0.2) is 24.3 Å². The number of benzene rings is 1. The highest BCUT2D eigenvalue weighted by Gasteiger charge is 2.11. The minimum atomic E-state index is -0.998. The molecule has 1 aromatic carbocycles. The van der Waals surface area contributed by atoms with Gasteiger partial charge in [0.1, 0.15) is 5.75 Å². The summed E-state index contributed by atoms with van der Waals surface area (Å²) in [6, 6.07) is 5.26. The molecule has 0 aliphatic heterocycles. The molecule has 1 aromatic rings. The Labute approximate surface area is 109 Å². The quantitative estimate of drug-likeness (QED) is 0.752. The molecule has 3 N–H and O–H groups in total. The molecule has 102 valence electrons. The van der Waals surface area contributed by atoms with Gasteiger partial charge in [0.15, 0.2) is 6.61 Å². The van der Waals surface area contributed by atoms with Gasteiger partial charge in [-0.25, -0.2) is 9.59 Å². The summed E-state index contributed by atoms with van der Waals surface area (Å²) in [5.41, 5.74) is 5.00. The number of imide groups is 1. The van der Waals surface area contributed by atoms with E-state index in [1.165, 1.54) is 12.1 Å². The highest BCUT2D eigenvalue weighted by Crippen LogP contribution is 2.12. The minimum Gasteiger partial charge on any atom is -0.494 e. The fourth-order valence-electron chi connectivity index (χ4n) is 1.24. The number of hydrogen-bond acceptors (Lipinski definition) is 5. The van der Waals surface area contributed by atoms with Gasteiger partial charge in [-0.2, -0.15) is 0 Å². The lowest BCUT2D eigenvalue weighted by atomic mass is 10.2. The van der Waals surface area contributed by atoms with Gasteiger partial charge in [0.2, 0.25) is 0 Å². The molecule has 3 amide bonds. The van der Waals surface area contributed by atoms with E-state index in [-0.39, 0.29) is 5.56 Å². The van der Waals surface area contributed by atoms with Gasteiger partial charge in [-0.05, 0) is 31.2 Å². The van der Waals surface area contributed by atoms with Crippen LogP contribution >= 0.6 is 0 Å². The molecule has 0 spiro atoms. The summed E-state index contributed by atoms with van der Waals surface area (Å²) < 4.78 is 9.91. The smallest absolute Gasteiger partial charge is 0.338 e. The number of nitrogens with one attached hydrogen (secondary N) is 1. The molecule has 0 atom stereocenters. The lowest BCUT2D eigenvalue weighted by Crippen LogP contribution is -2.37. The van der Waals surface area contributed by atoms with Crippen molar-refractivity contribution in [1.29, 1.82) is 0 Å². The summed E-state index contributed by atoms with van der Waals surface area (Å²) in [5, 5.41) is 1.78. The van der Waals surface area contributed by atoms with Crippen molar-refractivity contribution in [3.8, 4) is 5.75 Å². The van der Waals surface area contributed by atoms with Gasteiger partial charge >= 0.3 is 12.0 Å². The number of rotatable bonds is 5. The summed E-state index contributed by atoms with van der Waals surface area (Å²) in [4.78, 5) is 32.9. The van der Waals surface area contributed by atoms with E-state index in [4.69, 9.17) is 15.2 Å². The second-order valence-corrected chi connectivity index (χ2v) is 3.45. The van der Waals surface area contributed by atoms with E-state index in [2.05, 4.69) is 0 Å². The lowest BCUT2D eigenvalue weighted by Gasteiger charge is -2.06. The van der Waals surface area contributed by atoms with Crippen LogP contribution in [0.1, 0.15) is 17.3 Å². The average molecular weight is 266 g/mol. The van der Waals surface area contributed by atoms with Crippen LogP contribution in [0.25, 0.3) is 0 Å². The van der Waals surface area contributed by atoms with Crippen molar-refractivity contribution in [3.05, 3.63) is 29.8 Å². The molecule has 7 heteroatoms. The number of amides is 3. The van der Waals surface area contributed by atoms with Crippen LogP contribution in [0.4, 0.5) is 4.79 Å². The maximum absolute atomic E-state index is 11.5. The lowest BCUT2D eigenvalue weighted by molar-refractivity contribution is -0.123. The Morgan fingerprint density at radius 3 is 2.37 bits per heavy atom. The molecule has 0 saturated heterocycles. The fraction of sp³-hybridized carbons (Fsp3) is 0.250. The van der Waals surface area contributed by atoms with Crippen molar-refractivity contribution in [2.45, 2.75) is 6.92 Å². The molecule has 19 heavy (non-hydrogen) atoms. The number of urea groups is 1. The number of nitrogens with two attached hydrogens (primary N) is 1. The predicted octanol–water partition coefficient (Wildman–Crippen LogP) is 0.437. The normalized spacial score (nSPS) is 9.53. The van der Waals surface area contributed by atoms with Crippen molar-refractivity contribution in [3.63, 3.8) is 0 Å². The molecule has 0 saturated carbocycles. The number of esters is 1. The fourth-order valence-corrected chi connectivity index (χ4v) is 1.24.